The Kier molecular flexibility index (Phi) is 5.20. The van der Waals surface area contributed by atoms with Gasteiger partial charge in [-0.25, -0.2) is 9.97 Å². The third-order valence-electron chi connectivity index (χ3n) is 5.30. The van der Waals surface area contributed by atoms with Crippen molar-refractivity contribution >= 4 is 17.4 Å². The lowest BCUT2D eigenvalue weighted by molar-refractivity contribution is -0.119. The van der Waals surface area contributed by atoms with Crippen molar-refractivity contribution in [2.75, 3.05) is 56.2 Å². The number of nitrogens with zero attached hydrogens (tertiary/aromatic N) is 5. The quantitative estimate of drug-likeness (QED) is 0.818. The highest BCUT2D eigenvalue weighted by molar-refractivity contribution is 5.96. The van der Waals surface area contributed by atoms with E-state index in [-0.39, 0.29) is 5.91 Å². The third-order valence-corrected chi connectivity index (χ3v) is 5.30. The molecule has 27 heavy (non-hydrogen) atoms. The molecule has 3 heterocycles. The van der Waals surface area contributed by atoms with E-state index in [1.54, 1.807) is 7.11 Å². The smallest absolute Gasteiger partial charge is 0.241 e. The van der Waals surface area contributed by atoms with Gasteiger partial charge in [-0.1, -0.05) is 18.2 Å². The van der Waals surface area contributed by atoms with Crippen LogP contribution in [0.25, 0.3) is 0 Å². The Balaban J connectivity index is 1.35. The summed E-state index contributed by atoms with van der Waals surface area (Å²) in [5.74, 6) is 1.64. The molecule has 1 saturated heterocycles. The van der Waals surface area contributed by atoms with Gasteiger partial charge >= 0.3 is 0 Å². The predicted octanol–water partition coefficient (Wildman–Crippen LogP) is 1.59. The fourth-order valence-electron chi connectivity index (χ4n) is 3.82. The van der Waals surface area contributed by atoms with Crippen LogP contribution in [0.1, 0.15) is 12.0 Å². The number of rotatable bonds is 4. The number of carbonyl (C=O) groups is 1. The van der Waals surface area contributed by atoms with Gasteiger partial charge in [-0.2, -0.15) is 0 Å². The lowest BCUT2D eigenvalue weighted by Crippen LogP contribution is -2.51. The van der Waals surface area contributed by atoms with Crippen LogP contribution < -0.4 is 14.5 Å². The monoisotopic (exact) mass is 367 g/mol. The summed E-state index contributed by atoms with van der Waals surface area (Å²) in [6.07, 6.45) is 3.62. The molecule has 0 bridgehead atoms. The first-order valence-electron chi connectivity index (χ1n) is 9.46. The number of carbonyl (C=O) groups excluding carboxylic acids is 1. The molecule has 0 atom stereocenters. The summed E-state index contributed by atoms with van der Waals surface area (Å²) in [6.45, 7) is 4.64. The van der Waals surface area contributed by atoms with Crippen molar-refractivity contribution in [2.24, 2.45) is 0 Å². The van der Waals surface area contributed by atoms with Crippen molar-refractivity contribution in [3.8, 4) is 5.88 Å². The average molecular weight is 367 g/mol. The summed E-state index contributed by atoms with van der Waals surface area (Å²) in [5.41, 5.74) is 2.36. The molecule has 142 valence electrons. The van der Waals surface area contributed by atoms with Crippen LogP contribution in [0.5, 0.6) is 5.88 Å². The van der Waals surface area contributed by atoms with Gasteiger partial charge < -0.3 is 14.5 Å². The Morgan fingerprint density at radius 1 is 1.11 bits per heavy atom. The molecule has 2 aromatic rings. The largest absolute Gasteiger partial charge is 0.481 e. The maximum atomic E-state index is 12.9. The fraction of sp³-hybridized carbons (Fsp3) is 0.450. The Morgan fingerprint density at radius 2 is 1.93 bits per heavy atom. The highest BCUT2D eigenvalue weighted by Gasteiger charge is 2.26. The van der Waals surface area contributed by atoms with Crippen molar-refractivity contribution in [1.29, 1.82) is 0 Å². The molecule has 0 saturated carbocycles. The zero-order valence-corrected chi connectivity index (χ0v) is 15.7. The lowest BCUT2D eigenvalue weighted by atomic mass is 10.0. The molecular formula is C20H25N5O2. The second-order valence-corrected chi connectivity index (χ2v) is 6.96. The number of fused-ring (bicyclic) bond motifs is 1. The summed E-state index contributed by atoms with van der Waals surface area (Å²) in [4.78, 5) is 27.7. The zero-order valence-electron chi connectivity index (χ0n) is 15.7. The minimum atomic E-state index is 0.194. The second-order valence-electron chi connectivity index (χ2n) is 6.96. The van der Waals surface area contributed by atoms with Gasteiger partial charge in [0.1, 0.15) is 12.1 Å². The van der Waals surface area contributed by atoms with Crippen molar-refractivity contribution < 1.29 is 9.53 Å². The number of hydrogen-bond donors (Lipinski definition) is 0. The molecule has 1 aromatic carbocycles. The number of ether oxygens (including phenoxy) is 1. The Morgan fingerprint density at radius 3 is 2.74 bits per heavy atom. The van der Waals surface area contributed by atoms with E-state index in [4.69, 9.17) is 4.74 Å². The van der Waals surface area contributed by atoms with Gasteiger partial charge in [-0.3, -0.25) is 9.69 Å². The SMILES string of the molecule is COc1cc(N2CCN(CC(=O)N3CCCc4ccccc43)CC2)ncn1. The fourth-order valence-corrected chi connectivity index (χ4v) is 3.82. The normalized spacial score (nSPS) is 17.5. The first kappa shape index (κ1) is 17.7. The highest BCUT2D eigenvalue weighted by Crippen LogP contribution is 2.27. The van der Waals surface area contributed by atoms with Crippen LogP contribution >= 0.6 is 0 Å². The van der Waals surface area contributed by atoms with Crippen LogP contribution in [-0.4, -0.2) is 67.2 Å². The molecule has 0 unspecified atom stereocenters. The van der Waals surface area contributed by atoms with Crippen LogP contribution in [0.3, 0.4) is 0 Å². The summed E-state index contributed by atoms with van der Waals surface area (Å²) in [6, 6.07) is 10.1. The summed E-state index contributed by atoms with van der Waals surface area (Å²) >= 11 is 0. The third kappa shape index (κ3) is 3.88. The molecule has 4 rings (SSSR count). The topological polar surface area (TPSA) is 61.8 Å². The molecule has 2 aliphatic rings. The maximum Gasteiger partial charge on any atom is 0.241 e. The number of benzene rings is 1. The van der Waals surface area contributed by atoms with Crippen LogP contribution in [0, 0.1) is 0 Å². The molecule has 7 nitrogen and oxygen atoms in total. The number of anilines is 2. The minimum absolute atomic E-state index is 0.194. The van der Waals surface area contributed by atoms with Crippen LogP contribution in [0.2, 0.25) is 0 Å². The van der Waals surface area contributed by atoms with E-state index in [1.165, 1.54) is 11.9 Å². The molecule has 7 heteroatoms. The van der Waals surface area contributed by atoms with Gasteiger partial charge in [0.05, 0.1) is 13.7 Å². The number of aromatic nitrogens is 2. The number of hydrogen-bond acceptors (Lipinski definition) is 6. The number of piperazine rings is 1. The van der Waals surface area contributed by atoms with Gasteiger partial charge in [0.2, 0.25) is 11.8 Å². The van der Waals surface area contributed by atoms with E-state index in [0.717, 1.165) is 57.1 Å². The average Bonchev–Trinajstić information content (AvgIpc) is 2.74. The summed E-state index contributed by atoms with van der Waals surface area (Å²) in [5, 5.41) is 0. The number of amides is 1. The molecule has 1 aromatic heterocycles. The van der Waals surface area contributed by atoms with Crippen LogP contribution in [0.15, 0.2) is 36.7 Å². The number of para-hydroxylation sites is 1. The van der Waals surface area contributed by atoms with E-state index in [2.05, 4.69) is 31.9 Å². The van der Waals surface area contributed by atoms with Crippen molar-refractivity contribution in [2.45, 2.75) is 12.8 Å². The summed E-state index contributed by atoms with van der Waals surface area (Å²) in [7, 11) is 1.61. The van der Waals surface area contributed by atoms with Crippen molar-refractivity contribution in [1.82, 2.24) is 14.9 Å². The molecule has 1 fully saturated rings. The predicted molar refractivity (Wildman–Crippen MR) is 104 cm³/mol. The van der Waals surface area contributed by atoms with Gasteiger partial charge in [-0.05, 0) is 24.5 Å². The van der Waals surface area contributed by atoms with E-state index < -0.39 is 0 Å². The molecule has 0 radical (unpaired) electrons. The van der Waals surface area contributed by atoms with E-state index >= 15 is 0 Å². The molecule has 0 aliphatic carbocycles. The molecule has 0 N–H and O–H groups in total. The van der Waals surface area contributed by atoms with Gasteiger partial charge in [-0.15, -0.1) is 0 Å². The molecule has 0 spiro atoms. The maximum absolute atomic E-state index is 12.9. The van der Waals surface area contributed by atoms with Crippen LogP contribution in [0.4, 0.5) is 11.5 Å². The minimum Gasteiger partial charge on any atom is -0.481 e. The molecular weight excluding hydrogens is 342 g/mol. The van der Waals surface area contributed by atoms with E-state index in [0.29, 0.717) is 12.4 Å². The van der Waals surface area contributed by atoms with Gasteiger partial charge in [0.15, 0.2) is 0 Å². The number of aryl methyl sites for hydroxylation is 1. The number of methoxy groups -OCH3 is 1. The first-order valence-corrected chi connectivity index (χ1v) is 9.46. The van der Waals surface area contributed by atoms with E-state index in [9.17, 15) is 4.79 Å². The van der Waals surface area contributed by atoms with Crippen molar-refractivity contribution in [3.63, 3.8) is 0 Å². The molecule has 2 aliphatic heterocycles. The molecule has 1 amide bonds. The first-order chi connectivity index (χ1) is 13.2. The standard InChI is InChI=1S/C20H25N5O2/c1-27-19-13-18(21-15-22-19)24-11-9-23(10-12-24)14-20(26)25-8-4-6-16-5-2-3-7-17(16)25/h2-3,5,7,13,15H,4,6,8-12,14H2,1H3. The highest BCUT2D eigenvalue weighted by atomic mass is 16.5. The van der Waals surface area contributed by atoms with E-state index in [1.807, 2.05) is 23.1 Å². The Hall–Kier alpha value is -2.67. The van der Waals surface area contributed by atoms with Crippen LogP contribution in [-0.2, 0) is 11.2 Å². The summed E-state index contributed by atoms with van der Waals surface area (Å²) < 4.78 is 5.18. The van der Waals surface area contributed by atoms with Crippen molar-refractivity contribution in [3.05, 3.63) is 42.2 Å². The van der Waals surface area contributed by atoms with Gasteiger partial charge in [0.25, 0.3) is 0 Å². The van der Waals surface area contributed by atoms with Gasteiger partial charge in [0, 0.05) is 44.5 Å². The Labute approximate surface area is 159 Å². The second kappa shape index (κ2) is 7.92. The Bertz CT molecular complexity index is 804. The lowest BCUT2D eigenvalue weighted by Gasteiger charge is -2.36. The zero-order chi connectivity index (χ0) is 18.6.